The first-order valence-corrected chi connectivity index (χ1v) is 10.0. The van der Waals surface area contributed by atoms with Crippen LogP contribution >= 0.6 is 0 Å². The van der Waals surface area contributed by atoms with Crippen molar-refractivity contribution in [3.8, 4) is 0 Å². The average molecular weight is 360 g/mol. The van der Waals surface area contributed by atoms with Gasteiger partial charge in [0.15, 0.2) is 15.8 Å². The first kappa shape index (κ1) is 18.9. The van der Waals surface area contributed by atoms with E-state index in [0.29, 0.717) is 11.4 Å². The van der Waals surface area contributed by atoms with Gasteiger partial charge in [-0.05, 0) is 36.2 Å². The summed E-state index contributed by atoms with van der Waals surface area (Å²) in [6.07, 6.45) is 4.61. The van der Waals surface area contributed by atoms with E-state index in [1.807, 2.05) is 30.3 Å². The molecule has 0 aliphatic heterocycles. The number of hydrogen-bond acceptors (Lipinski definition) is 4. The fourth-order valence-corrected chi connectivity index (χ4v) is 2.93. The van der Waals surface area contributed by atoms with Crippen molar-refractivity contribution >= 4 is 15.8 Å². The van der Waals surface area contributed by atoms with Gasteiger partial charge >= 0.3 is 0 Å². The molecule has 6 nitrogen and oxygen atoms in total. The number of rotatable bonds is 7. The van der Waals surface area contributed by atoms with Gasteiger partial charge in [-0.2, -0.15) is 0 Å². The maximum absolute atomic E-state index is 11.4. The van der Waals surface area contributed by atoms with Crippen LogP contribution in [0.15, 0.2) is 58.5 Å². The fraction of sp³-hybridized carbons (Fsp3) is 0.333. The van der Waals surface area contributed by atoms with E-state index in [4.69, 9.17) is 0 Å². The van der Waals surface area contributed by atoms with Crippen LogP contribution in [0, 0.1) is 0 Å². The first-order valence-electron chi connectivity index (χ1n) is 8.12. The summed E-state index contributed by atoms with van der Waals surface area (Å²) in [5.74, 6) is 0.740. The van der Waals surface area contributed by atoms with Gasteiger partial charge in [0.2, 0.25) is 0 Å². The molecule has 1 aromatic heterocycles. The zero-order valence-electron chi connectivity index (χ0n) is 14.6. The molecule has 0 aliphatic rings. The molecule has 0 saturated carbocycles. The molecule has 0 atom stereocenters. The number of sulfone groups is 1. The lowest BCUT2D eigenvalue weighted by Gasteiger charge is -2.12. The number of nitrogens with one attached hydrogen (secondary N) is 2. The quantitative estimate of drug-likeness (QED) is 0.577. The van der Waals surface area contributed by atoms with E-state index < -0.39 is 9.84 Å². The topological polar surface area (TPSA) is 83.5 Å². The normalized spacial score (nSPS) is 12.0. The maximum Gasteiger partial charge on any atom is 0.190 e. The Bertz CT molecular complexity index is 788. The third-order valence-electron chi connectivity index (χ3n) is 3.68. The average Bonchev–Trinajstić information content (AvgIpc) is 2.61. The minimum Gasteiger partial charge on any atom is -0.356 e. The van der Waals surface area contributed by atoms with Crippen LogP contribution in [0.25, 0.3) is 0 Å². The van der Waals surface area contributed by atoms with Crippen LogP contribution < -0.4 is 10.6 Å². The van der Waals surface area contributed by atoms with Crippen molar-refractivity contribution in [1.29, 1.82) is 0 Å². The van der Waals surface area contributed by atoms with Crippen molar-refractivity contribution in [1.82, 2.24) is 15.6 Å². The number of aliphatic imine (C=N–C) groups is 1. The molecule has 7 heteroatoms. The fourth-order valence-electron chi connectivity index (χ4n) is 2.30. The smallest absolute Gasteiger partial charge is 0.190 e. The van der Waals surface area contributed by atoms with Crippen LogP contribution in [0.2, 0.25) is 0 Å². The summed E-state index contributed by atoms with van der Waals surface area (Å²) in [5, 5.41) is 6.50. The van der Waals surface area contributed by atoms with Crippen LogP contribution in [-0.2, 0) is 22.7 Å². The second-order valence-corrected chi connectivity index (χ2v) is 7.68. The summed E-state index contributed by atoms with van der Waals surface area (Å²) < 4.78 is 22.9. The van der Waals surface area contributed by atoms with E-state index in [-0.39, 0.29) is 0 Å². The number of nitrogens with zero attached hydrogens (tertiary/aromatic N) is 2. The highest BCUT2D eigenvalue weighted by Gasteiger charge is 2.06. The van der Waals surface area contributed by atoms with Crippen molar-refractivity contribution in [3.05, 3.63) is 59.9 Å². The Morgan fingerprint density at radius 3 is 2.28 bits per heavy atom. The second kappa shape index (κ2) is 9.17. The molecule has 0 amide bonds. The third-order valence-corrected chi connectivity index (χ3v) is 4.81. The summed E-state index contributed by atoms with van der Waals surface area (Å²) in [6.45, 7) is 1.46. The van der Waals surface area contributed by atoms with Gasteiger partial charge in [0.05, 0.1) is 4.90 Å². The van der Waals surface area contributed by atoms with Crippen LogP contribution in [0.1, 0.15) is 11.3 Å². The molecule has 0 radical (unpaired) electrons. The van der Waals surface area contributed by atoms with Gasteiger partial charge in [-0.1, -0.05) is 18.2 Å². The van der Waals surface area contributed by atoms with Crippen LogP contribution in [0.3, 0.4) is 0 Å². The molecule has 2 N–H and O–H groups in total. The lowest BCUT2D eigenvalue weighted by molar-refractivity contribution is 0.602. The van der Waals surface area contributed by atoms with Crippen molar-refractivity contribution in [2.75, 3.05) is 26.4 Å². The highest BCUT2D eigenvalue weighted by atomic mass is 32.2. The van der Waals surface area contributed by atoms with Gasteiger partial charge in [-0.3, -0.25) is 9.98 Å². The highest BCUT2D eigenvalue weighted by Crippen LogP contribution is 2.10. The van der Waals surface area contributed by atoms with Crippen LogP contribution in [0.5, 0.6) is 0 Å². The Kier molecular flexibility index (Phi) is 6.94. The molecule has 1 aromatic carbocycles. The predicted molar refractivity (Wildman–Crippen MR) is 101 cm³/mol. The molecule has 2 rings (SSSR count). The molecule has 0 spiro atoms. The Morgan fingerprint density at radius 2 is 1.72 bits per heavy atom. The van der Waals surface area contributed by atoms with Crippen molar-refractivity contribution < 1.29 is 8.42 Å². The Hall–Kier alpha value is -2.41. The van der Waals surface area contributed by atoms with Gasteiger partial charge < -0.3 is 10.6 Å². The lowest BCUT2D eigenvalue weighted by Crippen LogP contribution is -2.39. The van der Waals surface area contributed by atoms with Gasteiger partial charge in [-0.15, -0.1) is 0 Å². The molecule has 1 heterocycles. The SMILES string of the molecule is CN=C(NCCc1ccc(S(C)(=O)=O)cc1)NCCc1ccccn1. The minimum absolute atomic E-state index is 0.344. The largest absolute Gasteiger partial charge is 0.356 e. The monoisotopic (exact) mass is 360 g/mol. The number of pyridine rings is 1. The van der Waals surface area contributed by atoms with E-state index in [9.17, 15) is 8.42 Å². The summed E-state index contributed by atoms with van der Waals surface area (Å²) in [5.41, 5.74) is 2.11. The minimum atomic E-state index is -3.14. The van der Waals surface area contributed by atoms with E-state index >= 15 is 0 Å². The molecule has 0 aliphatic carbocycles. The van der Waals surface area contributed by atoms with Gasteiger partial charge in [0, 0.05) is 44.7 Å². The van der Waals surface area contributed by atoms with Crippen LogP contribution in [0.4, 0.5) is 0 Å². The standard InChI is InChI=1S/C18H24N4O2S/c1-19-18(22-14-11-16-5-3-4-12-20-16)21-13-10-15-6-8-17(9-7-15)25(2,23)24/h3-9,12H,10-11,13-14H2,1-2H3,(H2,19,21,22). The Labute approximate surface area is 149 Å². The lowest BCUT2D eigenvalue weighted by atomic mass is 10.1. The van der Waals surface area contributed by atoms with Crippen molar-refractivity contribution in [2.24, 2.45) is 4.99 Å². The molecule has 0 saturated heterocycles. The number of aromatic nitrogens is 1. The molecule has 0 bridgehead atoms. The van der Waals surface area contributed by atoms with Gasteiger partial charge in [0.25, 0.3) is 0 Å². The summed E-state index contributed by atoms with van der Waals surface area (Å²) >= 11 is 0. The van der Waals surface area contributed by atoms with Gasteiger partial charge in [0.1, 0.15) is 0 Å². The molecular weight excluding hydrogens is 336 g/mol. The zero-order valence-corrected chi connectivity index (χ0v) is 15.4. The Morgan fingerprint density at radius 1 is 1.04 bits per heavy atom. The molecular formula is C18H24N4O2S. The molecule has 0 fully saturated rings. The molecule has 2 aromatic rings. The first-order chi connectivity index (χ1) is 12.0. The van der Waals surface area contributed by atoms with Gasteiger partial charge in [-0.25, -0.2) is 8.42 Å². The van der Waals surface area contributed by atoms with E-state index in [1.54, 1.807) is 25.4 Å². The summed E-state index contributed by atoms with van der Waals surface area (Å²) in [6, 6.07) is 12.8. The number of benzene rings is 1. The van der Waals surface area contributed by atoms with Crippen molar-refractivity contribution in [3.63, 3.8) is 0 Å². The third kappa shape index (κ3) is 6.54. The maximum atomic E-state index is 11.4. The zero-order chi connectivity index (χ0) is 18.1. The Balaban J connectivity index is 1.73. The predicted octanol–water partition coefficient (Wildman–Crippen LogP) is 1.44. The van der Waals surface area contributed by atoms with Crippen LogP contribution in [-0.4, -0.2) is 45.8 Å². The molecule has 25 heavy (non-hydrogen) atoms. The number of hydrogen-bond donors (Lipinski definition) is 2. The second-order valence-electron chi connectivity index (χ2n) is 5.66. The highest BCUT2D eigenvalue weighted by molar-refractivity contribution is 7.90. The van der Waals surface area contributed by atoms with E-state index in [1.165, 1.54) is 6.26 Å². The molecule has 0 unspecified atom stereocenters. The van der Waals surface area contributed by atoms with Crippen molar-refractivity contribution in [2.45, 2.75) is 17.7 Å². The summed E-state index contributed by atoms with van der Waals surface area (Å²) in [7, 11) is -1.41. The van der Waals surface area contributed by atoms with E-state index in [2.05, 4.69) is 20.6 Å². The number of guanidine groups is 1. The summed E-state index contributed by atoms with van der Waals surface area (Å²) in [4.78, 5) is 8.82. The molecule has 134 valence electrons. The van der Waals surface area contributed by atoms with E-state index in [0.717, 1.165) is 36.6 Å².